The van der Waals surface area contributed by atoms with E-state index in [1.165, 1.54) is 6.26 Å². The van der Waals surface area contributed by atoms with Gasteiger partial charge in [-0.3, -0.25) is 0 Å². The maximum atomic E-state index is 11.0. The highest BCUT2D eigenvalue weighted by Crippen LogP contribution is 2.17. The second kappa shape index (κ2) is 5.17. The van der Waals surface area contributed by atoms with Crippen LogP contribution in [-0.2, 0) is 9.84 Å². The van der Waals surface area contributed by atoms with E-state index in [9.17, 15) is 8.42 Å². The van der Waals surface area contributed by atoms with Gasteiger partial charge in [0, 0.05) is 18.1 Å². The molecule has 13 heavy (non-hydrogen) atoms. The van der Waals surface area contributed by atoms with Crippen LogP contribution >= 0.6 is 0 Å². The molecule has 1 saturated heterocycles. The quantitative estimate of drug-likeness (QED) is 0.539. The molecule has 0 bridgehead atoms. The summed E-state index contributed by atoms with van der Waals surface area (Å²) in [7, 11) is -2.77. The third-order valence-corrected chi connectivity index (χ3v) is 3.68. The van der Waals surface area contributed by atoms with Crippen molar-refractivity contribution >= 4 is 9.84 Å². The molecular weight excluding hydrogens is 210 g/mol. The summed E-state index contributed by atoms with van der Waals surface area (Å²) in [5, 5.41) is 2.23. The van der Waals surface area contributed by atoms with Crippen molar-refractivity contribution in [3.05, 3.63) is 0 Å². The van der Waals surface area contributed by atoms with Crippen LogP contribution in [0.3, 0.4) is 0 Å². The Kier molecular flexibility index (Phi) is 5.25. The van der Waals surface area contributed by atoms with E-state index in [4.69, 9.17) is 0 Å². The van der Waals surface area contributed by atoms with E-state index in [-0.39, 0.29) is 12.4 Å². The lowest BCUT2D eigenvalue weighted by molar-refractivity contribution is -0.640. The third-order valence-electron chi connectivity index (χ3n) is 2.65. The molecule has 1 fully saturated rings. The molecule has 1 aliphatic rings. The lowest BCUT2D eigenvalue weighted by Crippen LogP contribution is -3.00. The van der Waals surface area contributed by atoms with Crippen LogP contribution in [0.1, 0.15) is 13.3 Å². The molecule has 2 atom stereocenters. The first kappa shape index (κ1) is 13.2. The molecule has 3 nitrogen and oxygen atoms in total. The molecule has 0 aromatic carbocycles. The Balaban J connectivity index is 0.00000144. The standard InChI is InChI=1S/C8H17NO2S.ClH/c1-3-7-4-9-5-8(7)6-12(2,10)11;/h7-9H,3-6H2,1-2H3;1H. The zero-order valence-electron chi connectivity index (χ0n) is 8.16. The number of hydrogen-bond donors (Lipinski definition) is 1. The van der Waals surface area contributed by atoms with Crippen molar-refractivity contribution in [2.24, 2.45) is 11.8 Å². The van der Waals surface area contributed by atoms with Crippen LogP contribution in [0.2, 0.25) is 0 Å². The minimum Gasteiger partial charge on any atom is -1.00 e. The van der Waals surface area contributed by atoms with Crippen molar-refractivity contribution in [3.63, 3.8) is 0 Å². The monoisotopic (exact) mass is 227 g/mol. The minimum atomic E-state index is -2.77. The minimum absolute atomic E-state index is 0. The van der Waals surface area contributed by atoms with Gasteiger partial charge in [-0.1, -0.05) is 6.92 Å². The molecule has 0 aromatic heterocycles. The summed E-state index contributed by atoms with van der Waals surface area (Å²) in [4.78, 5) is 0. The predicted molar refractivity (Wildman–Crippen MR) is 48.6 cm³/mol. The first-order valence-electron chi connectivity index (χ1n) is 4.52. The van der Waals surface area contributed by atoms with Crippen LogP contribution < -0.4 is 17.7 Å². The van der Waals surface area contributed by atoms with Gasteiger partial charge in [0.05, 0.1) is 18.8 Å². The number of quaternary nitrogens is 1. The van der Waals surface area contributed by atoms with E-state index >= 15 is 0 Å². The van der Waals surface area contributed by atoms with Crippen molar-refractivity contribution in [1.82, 2.24) is 0 Å². The molecule has 0 aromatic rings. The molecule has 0 spiro atoms. The van der Waals surface area contributed by atoms with Gasteiger partial charge in [-0.2, -0.15) is 0 Å². The second-order valence-corrected chi connectivity index (χ2v) is 5.97. The smallest absolute Gasteiger partial charge is 0.147 e. The highest BCUT2D eigenvalue weighted by molar-refractivity contribution is 7.90. The van der Waals surface area contributed by atoms with Crippen molar-refractivity contribution < 1.29 is 26.1 Å². The van der Waals surface area contributed by atoms with Gasteiger partial charge in [-0.05, 0) is 6.42 Å². The zero-order valence-corrected chi connectivity index (χ0v) is 9.74. The van der Waals surface area contributed by atoms with E-state index in [0.717, 1.165) is 19.5 Å². The van der Waals surface area contributed by atoms with Crippen LogP contribution in [0, 0.1) is 11.8 Å². The van der Waals surface area contributed by atoms with E-state index in [0.29, 0.717) is 17.6 Å². The summed E-state index contributed by atoms with van der Waals surface area (Å²) in [6, 6.07) is 0. The molecule has 2 unspecified atom stereocenters. The number of nitrogens with two attached hydrogens (primary N) is 1. The van der Waals surface area contributed by atoms with Gasteiger partial charge in [-0.15, -0.1) is 0 Å². The fraction of sp³-hybridized carbons (Fsp3) is 1.00. The van der Waals surface area contributed by atoms with Gasteiger partial charge in [0.1, 0.15) is 9.84 Å². The Morgan fingerprint density at radius 3 is 2.31 bits per heavy atom. The highest BCUT2D eigenvalue weighted by atomic mass is 35.5. The van der Waals surface area contributed by atoms with Crippen LogP contribution in [0.15, 0.2) is 0 Å². The summed E-state index contributed by atoms with van der Waals surface area (Å²) >= 11 is 0. The Morgan fingerprint density at radius 2 is 1.85 bits per heavy atom. The number of halogens is 1. The summed E-state index contributed by atoms with van der Waals surface area (Å²) in [6.07, 6.45) is 2.44. The lowest BCUT2D eigenvalue weighted by atomic mass is 9.96. The van der Waals surface area contributed by atoms with Crippen molar-refractivity contribution in [1.29, 1.82) is 0 Å². The SMILES string of the molecule is CCC1C[NH2+]CC1CS(C)(=O)=O.[Cl-]. The van der Waals surface area contributed by atoms with E-state index < -0.39 is 9.84 Å². The molecule has 80 valence electrons. The van der Waals surface area contributed by atoms with E-state index in [1.54, 1.807) is 0 Å². The number of sulfone groups is 1. The summed E-state index contributed by atoms with van der Waals surface area (Å²) in [5.41, 5.74) is 0. The molecule has 1 heterocycles. The molecule has 0 amide bonds. The van der Waals surface area contributed by atoms with Gasteiger partial charge in [0.15, 0.2) is 0 Å². The first-order chi connectivity index (χ1) is 5.53. The fourth-order valence-electron chi connectivity index (χ4n) is 2.00. The van der Waals surface area contributed by atoms with Gasteiger partial charge < -0.3 is 17.7 Å². The van der Waals surface area contributed by atoms with E-state index in [2.05, 4.69) is 12.2 Å². The Labute approximate surface area is 86.6 Å². The van der Waals surface area contributed by atoms with Crippen molar-refractivity contribution in [2.45, 2.75) is 13.3 Å². The maximum Gasteiger partial charge on any atom is 0.147 e. The van der Waals surface area contributed by atoms with Gasteiger partial charge in [0.2, 0.25) is 0 Å². The first-order valence-corrected chi connectivity index (χ1v) is 6.58. The summed E-state index contributed by atoms with van der Waals surface area (Å²) < 4.78 is 22.1. The largest absolute Gasteiger partial charge is 1.00 e. The topological polar surface area (TPSA) is 50.8 Å². The Hall–Kier alpha value is 0.200. The molecule has 0 aliphatic carbocycles. The molecule has 2 N–H and O–H groups in total. The Morgan fingerprint density at radius 1 is 1.31 bits per heavy atom. The van der Waals surface area contributed by atoms with E-state index in [1.807, 2.05) is 0 Å². The van der Waals surface area contributed by atoms with Crippen LogP contribution in [0.25, 0.3) is 0 Å². The maximum absolute atomic E-state index is 11.0. The van der Waals surface area contributed by atoms with Gasteiger partial charge in [0.25, 0.3) is 0 Å². The molecule has 5 heteroatoms. The molecule has 0 radical (unpaired) electrons. The average Bonchev–Trinajstić information content (AvgIpc) is 2.31. The Bertz CT molecular complexity index is 241. The highest BCUT2D eigenvalue weighted by Gasteiger charge is 2.31. The van der Waals surface area contributed by atoms with Gasteiger partial charge >= 0.3 is 0 Å². The molecule has 1 rings (SSSR count). The molecule has 0 saturated carbocycles. The van der Waals surface area contributed by atoms with Crippen molar-refractivity contribution in [2.75, 3.05) is 25.1 Å². The van der Waals surface area contributed by atoms with Crippen molar-refractivity contribution in [3.8, 4) is 0 Å². The number of rotatable bonds is 3. The normalized spacial score (nSPS) is 28.5. The summed E-state index contributed by atoms with van der Waals surface area (Å²) in [6.45, 7) is 4.24. The lowest BCUT2D eigenvalue weighted by Gasteiger charge is -2.11. The third kappa shape index (κ3) is 4.29. The summed E-state index contributed by atoms with van der Waals surface area (Å²) in [5.74, 6) is 1.38. The average molecular weight is 228 g/mol. The molecule has 1 aliphatic heterocycles. The molecular formula is C8H18ClNO2S. The van der Waals surface area contributed by atoms with Crippen LogP contribution in [-0.4, -0.2) is 33.5 Å². The number of hydrogen-bond acceptors (Lipinski definition) is 2. The fourth-order valence-corrected chi connectivity index (χ4v) is 3.19. The van der Waals surface area contributed by atoms with Crippen LogP contribution in [0.4, 0.5) is 0 Å². The van der Waals surface area contributed by atoms with Crippen LogP contribution in [0.5, 0.6) is 0 Å². The predicted octanol–water partition coefficient (Wildman–Crippen LogP) is -3.75. The van der Waals surface area contributed by atoms with Gasteiger partial charge in [-0.25, -0.2) is 8.42 Å². The zero-order chi connectivity index (χ0) is 9.19. The second-order valence-electron chi connectivity index (χ2n) is 3.78.